The second-order valence-electron chi connectivity index (χ2n) is 6.27. The first-order chi connectivity index (χ1) is 12.5. The number of aromatic nitrogens is 2. The fourth-order valence-electron chi connectivity index (χ4n) is 3.34. The van der Waals surface area contributed by atoms with Crippen molar-refractivity contribution in [2.45, 2.75) is 19.3 Å². The standard InChI is InChI=1S/C20H16BrN3O2/c1-12-18-16(19(26)13-5-3-2-4-6-13)11-17(25)22-20(18)24(23-12)15-9-7-14(21)8-10-15/h2-10,16H,11H2,1H3,(H,22,25)/t16-/m1/s1. The normalized spacial score (nSPS) is 16.1. The molecule has 3 aromatic rings. The predicted molar refractivity (Wildman–Crippen MR) is 103 cm³/mol. The van der Waals surface area contributed by atoms with Gasteiger partial charge in [0.2, 0.25) is 5.91 Å². The van der Waals surface area contributed by atoms with Gasteiger partial charge < -0.3 is 5.32 Å². The molecule has 1 atom stereocenters. The van der Waals surface area contributed by atoms with E-state index in [0.29, 0.717) is 11.4 Å². The summed E-state index contributed by atoms with van der Waals surface area (Å²) < 4.78 is 2.65. The number of carbonyl (C=O) groups is 2. The van der Waals surface area contributed by atoms with Crippen LogP contribution >= 0.6 is 15.9 Å². The van der Waals surface area contributed by atoms with Crippen molar-refractivity contribution in [3.8, 4) is 5.69 Å². The Balaban J connectivity index is 1.82. The first-order valence-corrected chi connectivity index (χ1v) is 9.08. The summed E-state index contributed by atoms with van der Waals surface area (Å²) in [5.41, 5.74) is 2.97. The topological polar surface area (TPSA) is 64.0 Å². The summed E-state index contributed by atoms with van der Waals surface area (Å²) >= 11 is 3.42. The lowest BCUT2D eigenvalue weighted by molar-refractivity contribution is -0.116. The van der Waals surface area contributed by atoms with Gasteiger partial charge >= 0.3 is 0 Å². The zero-order valence-corrected chi connectivity index (χ0v) is 15.7. The highest BCUT2D eigenvalue weighted by Crippen LogP contribution is 2.38. The smallest absolute Gasteiger partial charge is 0.226 e. The number of rotatable bonds is 3. The van der Waals surface area contributed by atoms with Gasteiger partial charge in [-0.05, 0) is 31.2 Å². The fourth-order valence-corrected chi connectivity index (χ4v) is 3.61. The fraction of sp³-hybridized carbons (Fsp3) is 0.150. The maximum atomic E-state index is 13.0. The third-order valence-corrected chi connectivity index (χ3v) is 5.08. The third-order valence-electron chi connectivity index (χ3n) is 4.55. The Hall–Kier alpha value is -2.73. The van der Waals surface area contributed by atoms with Crippen LogP contribution in [0.5, 0.6) is 0 Å². The van der Waals surface area contributed by atoms with Crippen LogP contribution in [0.1, 0.15) is 34.0 Å². The lowest BCUT2D eigenvalue weighted by Crippen LogP contribution is -2.28. The summed E-state index contributed by atoms with van der Waals surface area (Å²) in [5.74, 6) is -0.175. The number of aryl methyl sites for hydroxylation is 1. The summed E-state index contributed by atoms with van der Waals surface area (Å²) in [5, 5.41) is 7.48. The molecule has 26 heavy (non-hydrogen) atoms. The van der Waals surface area contributed by atoms with E-state index in [4.69, 9.17) is 0 Å². The monoisotopic (exact) mass is 409 g/mol. The molecule has 0 radical (unpaired) electrons. The van der Waals surface area contributed by atoms with E-state index < -0.39 is 5.92 Å². The summed E-state index contributed by atoms with van der Waals surface area (Å²) in [7, 11) is 0. The zero-order chi connectivity index (χ0) is 18.3. The molecule has 2 aromatic carbocycles. The number of Topliss-reactive ketones (excluding diaryl/α,β-unsaturated/α-hetero) is 1. The van der Waals surface area contributed by atoms with Crippen LogP contribution in [0.4, 0.5) is 5.82 Å². The molecule has 1 amide bonds. The second kappa shape index (κ2) is 6.53. The number of hydrogen-bond donors (Lipinski definition) is 1. The average Bonchev–Trinajstić information content (AvgIpc) is 2.98. The summed E-state index contributed by atoms with van der Waals surface area (Å²) in [6.07, 6.45) is 0.133. The Labute approximate surface area is 159 Å². The molecule has 2 heterocycles. The van der Waals surface area contributed by atoms with Crippen molar-refractivity contribution in [1.29, 1.82) is 0 Å². The number of nitrogens with one attached hydrogen (secondary N) is 1. The molecule has 4 rings (SSSR count). The number of ketones is 1. The quantitative estimate of drug-likeness (QED) is 0.657. The van der Waals surface area contributed by atoms with Crippen molar-refractivity contribution in [2.75, 3.05) is 5.32 Å². The Bertz CT molecular complexity index is 994. The van der Waals surface area contributed by atoms with Gasteiger partial charge in [-0.1, -0.05) is 46.3 Å². The van der Waals surface area contributed by atoms with Crippen molar-refractivity contribution in [3.05, 3.63) is 75.9 Å². The molecule has 1 aromatic heterocycles. The van der Waals surface area contributed by atoms with Crippen LogP contribution in [0.25, 0.3) is 5.69 Å². The van der Waals surface area contributed by atoms with E-state index in [1.807, 2.05) is 49.4 Å². The van der Waals surface area contributed by atoms with Crippen molar-refractivity contribution in [1.82, 2.24) is 9.78 Å². The zero-order valence-electron chi connectivity index (χ0n) is 14.1. The number of fused-ring (bicyclic) bond motifs is 1. The molecule has 5 nitrogen and oxygen atoms in total. The molecule has 6 heteroatoms. The summed E-state index contributed by atoms with van der Waals surface area (Å²) in [6.45, 7) is 1.87. The van der Waals surface area contributed by atoms with Gasteiger partial charge in [0.25, 0.3) is 0 Å². The number of hydrogen-bond acceptors (Lipinski definition) is 3. The third kappa shape index (κ3) is 2.86. The largest absolute Gasteiger partial charge is 0.310 e. The van der Waals surface area contributed by atoms with Gasteiger partial charge in [0, 0.05) is 22.0 Å². The van der Waals surface area contributed by atoms with Crippen molar-refractivity contribution < 1.29 is 9.59 Å². The maximum Gasteiger partial charge on any atom is 0.226 e. The molecule has 0 fully saturated rings. The summed E-state index contributed by atoms with van der Waals surface area (Å²) in [4.78, 5) is 25.3. The van der Waals surface area contributed by atoms with Gasteiger partial charge in [0.05, 0.1) is 17.3 Å². The minimum atomic E-state index is -0.523. The van der Waals surface area contributed by atoms with E-state index in [1.54, 1.807) is 16.8 Å². The number of anilines is 1. The van der Waals surface area contributed by atoms with E-state index in [-0.39, 0.29) is 18.1 Å². The van der Waals surface area contributed by atoms with Crippen LogP contribution in [0, 0.1) is 6.92 Å². The van der Waals surface area contributed by atoms with E-state index in [2.05, 4.69) is 26.3 Å². The molecule has 0 saturated heterocycles. The highest BCUT2D eigenvalue weighted by atomic mass is 79.9. The number of amides is 1. The van der Waals surface area contributed by atoms with Crippen molar-refractivity contribution in [3.63, 3.8) is 0 Å². The van der Waals surface area contributed by atoms with Gasteiger partial charge in [0.15, 0.2) is 5.78 Å². The van der Waals surface area contributed by atoms with Crippen LogP contribution in [-0.2, 0) is 4.79 Å². The molecular formula is C20H16BrN3O2. The molecule has 0 unspecified atom stereocenters. The average molecular weight is 410 g/mol. The maximum absolute atomic E-state index is 13.0. The lowest BCUT2D eigenvalue weighted by atomic mass is 9.85. The van der Waals surface area contributed by atoms with E-state index in [0.717, 1.165) is 21.4 Å². The van der Waals surface area contributed by atoms with Crippen LogP contribution in [0.2, 0.25) is 0 Å². The van der Waals surface area contributed by atoms with Gasteiger partial charge in [-0.2, -0.15) is 5.10 Å². The van der Waals surface area contributed by atoms with Gasteiger partial charge in [0.1, 0.15) is 5.82 Å². The van der Waals surface area contributed by atoms with E-state index in [1.165, 1.54) is 0 Å². The van der Waals surface area contributed by atoms with E-state index in [9.17, 15) is 9.59 Å². The molecule has 1 N–H and O–H groups in total. The van der Waals surface area contributed by atoms with Crippen molar-refractivity contribution >= 4 is 33.4 Å². The van der Waals surface area contributed by atoms with Crippen LogP contribution in [0.15, 0.2) is 59.1 Å². The highest BCUT2D eigenvalue weighted by molar-refractivity contribution is 9.10. The highest BCUT2D eigenvalue weighted by Gasteiger charge is 2.36. The van der Waals surface area contributed by atoms with Gasteiger partial charge in [-0.25, -0.2) is 4.68 Å². The first kappa shape index (κ1) is 16.7. The van der Waals surface area contributed by atoms with Gasteiger partial charge in [-0.3, -0.25) is 9.59 Å². The Morgan fingerprint density at radius 1 is 1.15 bits per heavy atom. The van der Waals surface area contributed by atoms with Crippen LogP contribution in [0.3, 0.4) is 0 Å². The molecule has 0 aliphatic carbocycles. The second-order valence-corrected chi connectivity index (χ2v) is 7.19. The summed E-state index contributed by atoms with van der Waals surface area (Å²) in [6, 6.07) is 16.7. The molecule has 1 aliphatic rings. The Kier molecular flexibility index (Phi) is 4.20. The molecular weight excluding hydrogens is 394 g/mol. The molecule has 130 valence electrons. The molecule has 0 saturated carbocycles. The number of carbonyl (C=O) groups excluding carboxylic acids is 2. The lowest BCUT2D eigenvalue weighted by Gasteiger charge is -2.23. The first-order valence-electron chi connectivity index (χ1n) is 8.29. The molecule has 1 aliphatic heterocycles. The minimum Gasteiger partial charge on any atom is -0.310 e. The van der Waals surface area contributed by atoms with Crippen LogP contribution < -0.4 is 5.32 Å². The Morgan fingerprint density at radius 3 is 2.54 bits per heavy atom. The SMILES string of the molecule is Cc1nn(-c2ccc(Br)cc2)c2c1[C@H](C(=O)c1ccccc1)CC(=O)N2. The Morgan fingerprint density at radius 2 is 1.85 bits per heavy atom. The van der Waals surface area contributed by atoms with Crippen molar-refractivity contribution in [2.24, 2.45) is 0 Å². The van der Waals surface area contributed by atoms with Crippen LogP contribution in [-0.4, -0.2) is 21.5 Å². The number of halogens is 1. The minimum absolute atomic E-state index is 0.0554. The van der Waals surface area contributed by atoms with Gasteiger partial charge in [-0.15, -0.1) is 0 Å². The number of nitrogens with zero attached hydrogens (tertiary/aromatic N) is 2. The number of benzene rings is 2. The van der Waals surface area contributed by atoms with E-state index >= 15 is 0 Å². The molecule has 0 spiro atoms. The predicted octanol–water partition coefficient (Wildman–Crippen LogP) is 4.25. The molecule has 0 bridgehead atoms.